The fourth-order valence-electron chi connectivity index (χ4n) is 2.25. The topological polar surface area (TPSA) is 99.1 Å². The van der Waals surface area contributed by atoms with Crippen molar-refractivity contribution in [3.8, 4) is 11.5 Å². The van der Waals surface area contributed by atoms with E-state index in [0.717, 1.165) is 6.07 Å². The highest BCUT2D eigenvalue weighted by Gasteiger charge is 2.34. The SMILES string of the molecule is CCOC(C)OC(=O)c1cc(I)ccc1Oc1c(F)c(F)c(S(=O)(=O)O)c(F)c1F. The molecule has 2 aromatic carbocycles. The summed E-state index contributed by atoms with van der Waals surface area (Å²) in [6.45, 7) is 3.28. The Bertz CT molecular complexity index is 1060. The lowest BCUT2D eigenvalue weighted by molar-refractivity contribution is -0.0941. The summed E-state index contributed by atoms with van der Waals surface area (Å²) in [6.07, 6.45) is -0.981. The number of benzene rings is 2. The van der Waals surface area contributed by atoms with Gasteiger partial charge >= 0.3 is 16.1 Å². The number of esters is 1. The Morgan fingerprint density at radius 1 is 1.13 bits per heavy atom. The van der Waals surface area contributed by atoms with Crippen LogP contribution in [0.4, 0.5) is 17.6 Å². The third-order valence-electron chi connectivity index (χ3n) is 3.49. The molecule has 1 N–H and O–H groups in total. The third kappa shape index (κ3) is 5.19. The first kappa shape index (κ1) is 24.3. The molecule has 164 valence electrons. The summed E-state index contributed by atoms with van der Waals surface area (Å²) in [6, 6.07) is 3.65. The molecular formula is C17H13F4IO7S. The smallest absolute Gasteiger partial charge is 0.344 e. The van der Waals surface area contributed by atoms with Gasteiger partial charge in [-0.15, -0.1) is 0 Å². The number of rotatable bonds is 7. The van der Waals surface area contributed by atoms with Crippen LogP contribution in [0.5, 0.6) is 11.5 Å². The number of carbonyl (C=O) groups is 1. The molecule has 2 aromatic rings. The normalized spacial score (nSPS) is 12.5. The maximum atomic E-state index is 14.2. The molecule has 0 saturated heterocycles. The standard InChI is InChI=1S/C17H13F4IO7S/c1-3-27-7(2)28-17(23)9-6-8(22)4-5-10(9)29-15-11(18)13(20)16(30(24,25)26)14(21)12(15)19/h4-7H,3H2,1-2H3,(H,24,25,26). The lowest BCUT2D eigenvalue weighted by Gasteiger charge is -2.16. The van der Waals surface area contributed by atoms with E-state index in [0.29, 0.717) is 3.57 Å². The molecule has 0 amide bonds. The first-order valence-corrected chi connectivity index (χ1v) is 10.5. The van der Waals surface area contributed by atoms with E-state index in [1.807, 2.05) is 22.6 Å². The molecule has 0 aliphatic heterocycles. The van der Waals surface area contributed by atoms with E-state index in [9.17, 15) is 30.8 Å². The first-order chi connectivity index (χ1) is 13.9. The van der Waals surface area contributed by atoms with Gasteiger partial charge in [0, 0.05) is 10.2 Å². The number of carbonyl (C=O) groups excluding carboxylic acids is 1. The van der Waals surface area contributed by atoms with E-state index in [2.05, 4.69) is 0 Å². The van der Waals surface area contributed by atoms with Crippen molar-refractivity contribution >= 4 is 38.7 Å². The maximum absolute atomic E-state index is 14.2. The largest absolute Gasteiger partial charge is 0.450 e. The predicted octanol–water partition coefficient (Wildman–Crippen LogP) is 4.43. The molecular weight excluding hydrogens is 551 g/mol. The van der Waals surface area contributed by atoms with E-state index >= 15 is 0 Å². The van der Waals surface area contributed by atoms with E-state index in [-0.39, 0.29) is 12.2 Å². The van der Waals surface area contributed by atoms with Gasteiger partial charge in [-0.3, -0.25) is 4.55 Å². The Hall–Kier alpha value is -1.97. The Kier molecular flexibility index (Phi) is 7.65. The molecule has 2 rings (SSSR count). The summed E-state index contributed by atoms with van der Waals surface area (Å²) < 4.78 is 103. The predicted molar refractivity (Wildman–Crippen MR) is 102 cm³/mol. The molecule has 0 saturated carbocycles. The number of halogens is 5. The van der Waals surface area contributed by atoms with Crippen LogP contribution in [0.25, 0.3) is 0 Å². The second-order valence-electron chi connectivity index (χ2n) is 5.56. The molecule has 0 heterocycles. The molecule has 0 spiro atoms. The van der Waals surface area contributed by atoms with Crippen molar-refractivity contribution in [2.75, 3.05) is 6.61 Å². The fraction of sp³-hybridized carbons (Fsp3) is 0.235. The molecule has 0 bridgehead atoms. The molecule has 30 heavy (non-hydrogen) atoms. The lowest BCUT2D eigenvalue weighted by atomic mass is 10.2. The van der Waals surface area contributed by atoms with Crippen LogP contribution in [0, 0.1) is 26.8 Å². The van der Waals surface area contributed by atoms with Gasteiger partial charge in [-0.1, -0.05) is 0 Å². The van der Waals surface area contributed by atoms with Crippen LogP contribution in [0.3, 0.4) is 0 Å². The van der Waals surface area contributed by atoms with Crippen LogP contribution in [0.1, 0.15) is 24.2 Å². The Labute approximate surface area is 181 Å². The van der Waals surface area contributed by atoms with Crippen LogP contribution in [0.2, 0.25) is 0 Å². The Balaban J connectivity index is 2.55. The minimum absolute atomic E-state index is 0.221. The highest BCUT2D eigenvalue weighted by Crippen LogP contribution is 2.36. The quantitative estimate of drug-likeness (QED) is 0.133. The van der Waals surface area contributed by atoms with Gasteiger partial charge in [-0.2, -0.15) is 17.2 Å². The van der Waals surface area contributed by atoms with Gasteiger partial charge in [0.15, 0.2) is 22.8 Å². The Morgan fingerprint density at radius 2 is 1.70 bits per heavy atom. The number of hydrogen-bond donors (Lipinski definition) is 1. The van der Waals surface area contributed by atoms with Gasteiger partial charge in [0.25, 0.3) is 0 Å². The van der Waals surface area contributed by atoms with E-state index in [1.165, 1.54) is 19.1 Å². The summed E-state index contributed by atoms with van der Waals surface area (Å²) in [4.78, 5) is 10.1. The average Bonchev–Trinajstić information content (AvgIpc) is 2.63. The van der Waals surface area contributed by atoms with Crippen LogP contribution in [-0.2, 0) is 19.6 Å². The van der Waals surface area contributed by atoms with Crippen molar-refractivity contribution in [1.82, 2.24) is 0 Å². The lowest BCUT2D eigenvalue weighted by Crippen LogP contribution is -2.19. The van der Waals surface area contributed by atoms with Crippen molar-refractivity contribution in [2.45, 2.75) is 25.0 Å². The minimum atomic E-state index is -5.62. The average molecular weight is 564 g/mol. The monoisotopic (exact) mass is 564 g/mol. The first-order valence-electron chi connectivity index (χ1n) is 8.01. The second kappa shape index (κ2) is 9.45. The Morgan fingerprint density at radius 3 is 2.20 bits per heavy atom. The van der Waals surface area contributed by atoms with Gasteiger partial charge in [0.2, 0.25) is 17.4 Å². The maximum Gasteiger partial charge on any atom is 0.344 e. The van der Waals surface area contributed by atoms with Crippen molar-refractivity contribution in [3.63, 3.8) is 0 Å². The third-order valence-corrected chi connectivity index (χ3v) is 5.03. The van der Waals surface area contributed by atoms with Crippen LogP contribution < -0.4 is 4.74 Å². The van der Waals surface area contributed by atoms with Gasteiger partial charge in [-0.25, -0.2) is 13.6 Å². The number of ether oxygens (including phenoxy) is 3. The van der Waals surface area contributed by atoms with Crippen LogP contribution in [0.15, 0.2) is 23.1 Å². The summed E-state index contributed by atoms with van der Waals surface area (Å²) in [7, 11) is -5.62. The van der Waals surface area contributed by atoms with Crippen molar-refractivity contribution in [1.29, 1.82) is 0 Å². The van der Waals surface area contributed by atoms with Crippen LogP contribution >= 0.6 is 22.6 Å². The van der Waals surface area contributed by atoms with Crippen LogP contribution in [-0.4, -0.2) is 31.8 Å². The zero-order chi connectivity index (χ0) is 22.8. The fourth-order valence-corrected chi connectivity index (χ4v) is 3.37. The minimum Gasteiger partial charge on any atom is -0.450 e. The van der Waals surface area contributed by atoms with Gasteiger partial charge in [0.05, 0.1) is 0 Å². The van der Waals surface area contributed by atoms with Gasteiger partial charge in [-0.05, 0) is 54.6 Å². The van der Waals surface area contributed by atoms with Crippen molar-refractivity contribution < 1.29 is 49.5 Å². The van der Waals surface area contributed by atoms with E-state index in [1.54, 1.807) is 6.92 Å². The summed E-state index contributed by atoms with van der Waals surface area (Å²) in [5.74, 6) is -12.5. The highest BCUT2D eigenvalue weighted by atomic mass is 127. The molecule has 0 aliphatic carbocycles. The molecule has 0 aromatic heterocycles. The molecule has 0 fully saturated rings. The molecule has 0 radical (unpaired) electrons. The molecule has 0 aliphatic rings. The second-order valence-corrected chi connectivity index (χ2v) is 8.16. The highest BCUT2D eigenvalue weighted by molar-refractivity contribution is 14.1. The van der Waals surface area contributed by atoms with Gasteiger partial charge < -0.3 is 14.2 Å². The number of hydrogen-bond acceptors (Lipinski definition) is 6. The zero-order valence-electron chi connectivity index (χ0n) is 15.2. The van der Waals surface area contributed by atoms with E-state index < -0.39 is 62.0 Å². The van der Waals surface area contributed by atoms with Crippen molar-refractivity contribution in [3.05, 3.63) is 50.6 Å². The van der Waals surface area contributed by atoms with Crippen molar-refractivity contribution in [2.24, 2.45) is 0 Å². The summed E-state index contributed by atoms with van der Waals surface area (Å²) in [5, 5.41) is 0. The zero-order valence-corrected chi connectivity index (χ0v) is 18.2. The van der Waals surface area contributed by atoms with Gasteiger partial charge in [0.1, 0.15) is 11.3 Å². The molecule has 7 nitrogen and oxygen atoms in total. The molecule has 13 heteroatoms. The summed E-state index contributed by atoms with van der Waals surface area (Å²) >= 11 is 1.82. The van der Waals surface area contributed by atoms with E-state index in [4.69, 9.17) is 18.8 Å². The molecule has 1 atom stereocenters. The summed E-state index contributed by atoms with van der Waals surface area (Å²) in [5.41, 5.74) is -0.355. The molecule has 1 unspecified atom stereocenters.